The largest absolute Gasteiger partial charge is 0.478 e. The fraction of sp³-hybridized carbons (Fsp3) is 0.417. The van der Waals surface area contributed by atoms with Crippen molar-refractivity contribution in [2.75, 3.05) is 12.8 Å². The van der Waals surface area contributed by atoms with Gasteiger partial charge in [0, 0.05) is 19.3 Å². The fourth-order valence-corrected chi connectivity index (χ4v) is 2.26. The molecular weight excluding hydrogens is 252 g/mol. The predicted octanol–water partition coefficient (Wildman–Crippen LogP) is 1.49. The van der Waals surface area contributed by atoms with Crippen LogP contribution >= 0.6 is 11.8 Å². The van der Waals surface area contributed by atoms with Gasteiger partial charge in [-0.1, -0.05) is 11.8 Å². The van der Waals surface area contributed by atoms with Gasteiger partial charge >= 0.3 is 5.97 Å². The molecular formula is C12H14N2O3S. The monoisotopic (exact) mass is 266 g/mol. The van der Waals surface area contributed by atoms with E-state index in [1.165, 1.54) is 24.0 Å². The highest BCUT2D eigenvalue weighted by Gasteiger charge is 2.29. The van der Waals surface area contributed by atoms with E-state index >= 15 is 0 Å². The highest BCUT2D eigenvalue weighted by molar-refractivity contribution is 7.99. The quantitative estimate of drug-likeness (QED) is 0.818. The lowest BCUT2D eigenvalue weighted by Gasteiger charge is -2.15. The fourth-order valence-electron chi connectivity index (χ4n) is 1.50. The molecule has 0 bridgehead atoms. The molecule has 2 rings (SSSR count). The summed E-state index contributed by atoms with van der Waals surface area (Å²) in [6.07, 6.45) is 3.50. The average Bonchev–Trinajstić information content (AvgIpc) is 3.19. The number of aromatic carboxylic acids is 1. The van der Waals surface area contributed by atoms with Gasteiger partial charge in [-0.25, -0.2) is 9.78 Å². The van der Waals surface area contributed by atoms with Gasteiger partial charge in [0.15, 0.2) is 0 Å². The zero-order chi connectivity index (χ0) is 13.1. The maximum Gasteiger partial charge on any atom is 0.337 e. The van der Waals surface area contributed by atoms with Crippen LogP contribution in [0.1, 0.15) is 23.2 Å². The van der Waals surface area contributed by atoms with Gasteiger partial charge in [0.25, 0.3) is 0 Å². The Bertz CT molecular complexity index is 457. The molecule has 1 aliphatic carbocycles. The van der Waals surface area contributed by atoms with Gasteiger partial charge in [0.05, 0.1) is 16.3 Å². The van der Waals surface area contributed by atoms with Crippen molar-refractivity contribution < 1.29 is 14.7 Å². The van der Waals surface area contributed by atoms with E-state index in [0.717, 1.165) is 12.8 Å². The Balaban J connectivity index is 1.85. The van der Waals surface area contributed by atoms with Gasteiger partial charge in [-0.3, -0.25) is 4.79 Å². The molecule has 1 fully saturated rings. The van der Waals surface area contributed by atoms with Crippen LogP contribution < -0.4 is 0 Å². The van der Waals surface area contributed by atoms with Gasteiger partial charge < -0.3 is 10.0 Å². The molecule has 0 unspecified atom stereocenters. The number of pyridine rings is 1. The highest BCUT2D eigenvalue weighted by atomic mass is 32.2. The molecule has 1 aliphatic rings. The summed E-state index contributed by atoms with van der Waals surface area (Å²) >= 11 is 1.33. The summed E-state index contributed by atoms with van der Waals surface area (Å²) in [6.45, 7) is 0. The third-order valence-corrected chi connectivity index (χ3v) is 3.74. The molecule has 1 heterocycles. The highest BCUT2D eigenvalue weighted by Crippen LogP contribution is 2.26. The van der Waals surface area contributed by atoms with E-state index in [1.807, 2.05) is 7.05 Å². The number of carboxylic acids is 1. The molecule has 0 atom stereocenters. The van der Waals surface area contributed by atoms with E-state index < -0.39 is 5.97 Å². The molecule has 6 heteroatoms. The van der Waals surface area contributed by atoms with Crippen molar-refractivity contribution in [3.8, 4) is 0 Å². The van der Waals surface area contributed by atoms with Crippen molar-refractivity contribution in [1.29, 1.82) is 0 Å². The molecule has 1 aromatic rings. The Morgan fingerprint density at radius 1 is 1.50 bits per heavy atom. The van der Waals surface area contributed by atoms with Crippen LogP contribution in [0.3, 0.4) is 0 Å². The first kappa shape index (κ1) is 12.9. The minimum absolute atomic E-state index is 0.0895. The van der Waals surface area contributed by atoms with Gasteiger partial charge in [-0.15, -0.1) is 0 Å². The van der Waals surface area contributed by atoms with Crippen molar-refractivity contribution >= 4 is 23.6 Å². The van der Waals surface area contributed by atoms with Crippen molar-refractivity contribution in [2.24, 2.45) is 0 Å². The normalized spacial score (nSPS) is 14.3. The van der Waals surface area contributed by atoms with Crippen molar-refractivity contribution in [2.45, 2.75) is 23.9 Å². The number of carbonyl (C=O) groups is 2. The summed E-state index contributed by atoms with van der Waals surface area (Å²) in [6, 6.07) is 3.53. The van der Waals surface area contributed by atoms with E-state index in [4.69, 9.17) is 5.11 Å². The van der Waals surface area contributed by atoms with Gasteiger partial charge in [0.2, 0.25) is 5.91 Å². The molecule has 0 saturated heterocycles. The van der Waals surface area contributed by atoms with E-state index in [1.54, 1.807) is 11.0 Å². The van der Waals surface area contributed by atoms with E-state index in [-0.39, 0.29) is 11.5 Å². The molecule has 0 radical (unpaired) electrons. The Morgan fingerprint density at radius 3 is 2.72 bits per heavy atom. The molecule has 18 heavy (non-hydrogen) atoms. The molecule has 5 nitrogen and oxygen atoms in total. The second-order valence-electron chi connectivity index (χ2n) is 4.21. The SMILES string of the molecule is CN(C(=O)CSc1ccc(C(=O)O)cn1)C1CC1. The third-order valence-electron chi connectivity index (χ3n) is 2.81. The van der Waals surface area contributed by atoms with E-state index in [2.05, 4.69) is 4.98 Å². The summed E-state index contributed by atoms with van der Waals surface area (Å²) in [5, 5.41) is 9.39. The maximum atomic E-state index is 11.8. The van der Waals surface area contributed by atoms with Gasteiger partial charge in [-0.2, -0.15) is 0 Å². The van der Waals surface area contributed by atoms with Crippen LogP contribution in [0, 0.1) is 0 Å². The van der Waals surface area contributed by atoms with Crippen LogP contribution in [0.25, 0.3) is 0 Å². The van der Waals surface area contributed by atoms with Crippen LogP contribution in [0.15, 0.2) is 23.4 Å². The predicted molar refractivity (Wildman–Crippen MR) is 67.7 cm³/mol. The van der Waals surface area contributed by atoms with Crippen LogP contribution in [-0.4, -0.2) is 45.7 Å². The first-order chi connectivity index (χ1) is 8.58. The Kier molecular flexibility index (Phi) is 3.86. The summed E-state index contributed by atoms with van der Waals surface area (Å²) in [5.41, 5.74) is 0.153. The number of carboxylic acid groups (broad SMARTS) is 1. The third kappa shape index (κ3) is 3.22. The van der Waals surface area contributed by atoms with Crippen LogP contribution in [0.2, 0.25) is 0 Å². The van der Waals surface area contributed by atoms with Gasteiger partial charge in [-0.05, 0) is 25.0 Å². The van der Waals surface area contributed by atoms with Crippen LogP contribution in [0.5, 0.6) is 0 Å². The smallest absolute Gasteiger partial charge is 0.337 e. The zero-order valence-electron chi connectivity index (χ0n) is 10.00. The maximum absolute atomic E-state index is 11.8. The number of hydrogen-bond acceptors (Lipinski definition) is 4. The van der Waals surface area contributed by atoms with Crippen LogP contribution in [-0.2, 0) is 4.79 Å². The minimum Gasteiger partial charge on any atom is -0.478 e. The minimum atomic E-state index is -0.997. The standard InChI is InChI=1S/C12H14N2O3S/c1-14(9-3-4-9)11(15)7-18-10-5-2-8(6-13-10)12(16)17/h2,5-6,9H,3-4,7H2,1H3,(H,16,17). The second-order valence-corrected chi connectivity index (χ2v) is 5.21. The molecule has 0 spiro atoms. The molecule has 96 valence electrons. The van der Waals surface area contributed by atoms with Crippen molar-refractivity contribution in [3.63, 3.8) is 0 Å². The lowest BCUT2D eigenvalue weighted by atomic mass is 10.3. The number of thioether (sulfide) groups is 1. The van der Waals surface area contributed by atoms with E-state index in [0.29, 0.717) is 16.8 Å². The summed E-state index contributed by atoms with van der Waals surface area (Å²) < 4.78 is 0. The molecule has 1 amide bonds. The lowest BCUT2D eigenvalue weighted by molar-refractivity contribution is -0.127. The molecule has 1 aromatic heterocycles. The molecule has 0 aromatic carbocycles. The summed E-state index contributed by atoms with van der Waals surface area (Å²) in [5.74, 6) is -0.568. The Hall–Kier alpha value is -1.56. The number of nitrogens with zero attached hydrogens (tertiary/aromatic N) is 2. The molecule has 0 aliphatic heterocycles. The number of aromatic nitrogens is 1. The van der Waals surface area contributed by atoms with Gasteiger partial charge in [0.1, 0.15) is 0 Å². The summed E-state index contributed by atoms with van der Waals surface area (Å²) in [7, 11) is 1.82. The summed E-state index contributed by atoms with van der Waals surface area (Å²) in [4.78, 5) is 28.2. The Morgan fingerprint density at radius 2 is 2.22 bits per heavy atom. The number of rotatable bonds is 5. The molecule has 1 saturated carbocycles. The zero-order valence-corrected chi connectivity index (χ0v) is 10.8. The first-order valence-corrected chi connectivity index (χ1v) is 6.64. The number of hydrogen-bond donors (Lipinski definition) is 1. The van der Waals surface area contributed by atoms with E-state index in [9.17, 15) is 9.59 Å². The average molecular weight is 266 g/mol. The van der Waals surface area contributed by atoms with Crippen LogP contribution in [0.4, 0.5) is 0 Å². The lowest BCUT2D eigenvalue weighted by Crippen LogP contribution is -2.30. The van der Waals surface area contributed by atoms with Crippen molar-refractivity contribution in [3.05, 3.63) is 23.9 Å². The Labute approximate surface area is 109 Å². The number of carbonyl (C=O) groups excluding carboxylic acids is 1. The number of amides is 1. The van der Waals surface area contributed by atoms with Crippen molar-refractivity contribution in [1.82, 2.24) is 9.88 Å². The first-order valence-electron chi connectivity index (χ1n) is 5.65. The molecule has 1 N–H and O–H groups in total. The topological polar surface area (TPSA) is 70.5 Å². The second kappa shape index (κ2) is 5.39.